The summed E-state index contributed by atoms with van der Waals surface area (Å²) < 4.78 is 0. The van der Waals surface area contributed by atoms with Crippen LogP contribution in [0.2, 0.25) is 0 Å². The van der Waals surface area contributed by atoms with Crippen LogP contribution in [0.3, 0.4) is 0 Å². The summed E-state index contributed by atoms with van der Waals surface area (Å²) >= 11 is 0. The number of rotatable bonds is 4. The molecule has 0 aromatic rings. The Kier molecular flexibility index (Phi) is 3.63. The van der Waals surface area contributed by atoms with E-state index >= 15 is 0 Å². The average molecular weight is 188 g/mol. The molecule has 1 N–H and O–H groups in total. The summed E-state index contributed by atoms with van der Waals surface area (Å²) in [4.78, 5) is 19.8. The van der Waals surface area contributed by atoms with Gasteiger partial charge in [-0.1, -0.05) is 6.58 Å². The van der Waals surface area contributed by atoms with Gasteiger partial charge in [0.25, 0.3) is 0 Å². The van der Waals surface area contributed by atoms with E-state index in [4.69, 9.17) is 4.89 Å². The SMILES string of the molecule is C=CC(=O)OOC(C)(C)C(C)(C)O. The molecule has 0 saturated carbocycles. The molecule has 0 aliphatic rings. The lowest BCUT2D eigenvalue weighted by Gasteiger charge is -2.34. The third-order valence-electron chi connectivity index (χ3n) is 1.97. The molecular formula is C9H16O4. The third-order valence-corrected chi connectivity index (χ3v) is 1.97. The molecule has 0 heterocycles. The van der Waals surface area contributed by atoms with Crippen molar-refractivity contribution in [3.8, 4) is 0 Å². The van der Waals surface area contributed by atoms with Crippen molar-refractivity contribution >= 4 is 5.97 Å². The quantitative estimate of drug-likeness (QED) is 0.409. The highest BCUT2D eigenvalue weighted by molar-refractivity contribution is 5.80. The predicted molar refractivity (Wildman–Crippen MR) is 47.8 cm³/mol. The molecule has 0 spiro atoms. The standard InChI is InChI=1S/C9H16O4/c1-6-7(10)12-13-9(4,5)8(2,3)11/h6,11H,1H2,2-5H3. The summed E-state index contributed by atoms with van der Waals surface area (Å²) in [6, 6.07) is 0. The Labute approximate surface area is 78.1 Å². The zero-order valence-corrected chi connectivity index (χ0v) is 8.46. The van der Waals surface area contributed by atoms with Crippen molar-refractivity contribution in [2.75, 3.05) is 0 Å². The maximum absolute atomic E-state index is 10.6. The van der Waals surface area contributed by atoms with Gasteiger partial charge in [-0.3, -0.25) is 4.89 Å². The van der Waals surface area contributed by atoms with Crippen LogP contribution in [0.25, 0.3) is 0 Å². The summed E-state index contributed by atoms with van der Waals surface area (Å²) in [5.74, 6) is -0.683. The van der Waals surface area contributed by atoms with Gasteiger partial charge in [-0.25, -0.2) is 4.79 Å². The minimum atomic E-state index is -1.10. The summed E-state index contributed by atoms with van der Waals surface area (Å²) in [7, 11) is 0. The van der Waals surface area contributed by atoms with Crippen molar-refractivity contribution < 1.29 is 19.7 Å². The fraction of sp³-hybridized carbons (Fsp3) is 0.667. The van der Waals surface area contributed by atoms with Gasteiger partial charge < -0.3 is 5.11 Å². The Morgan fingerprint density at radius 3 is 2.15 bits per heavy atom. The maximum atomic E-state index is 10.6. The van der Waals surface area contributed by atoms with E-state index in [9.17, 15) is 9.90 Å². The number of carbonyl (C=O) groups excluding carboxylic acids is 1. The summed E-state index contributed by atoms with van der Waals surface area (Å²) in [5, 5.41) is 9.59. The number of hydrogen-bond donors (Lipinski definition) is 1. The van der Waals surface area contributed by atoms with Gasteiger partial charge in [0.05, 0.1) is 5.60 Å². The molecule has 13 heavy (non-hydrogen) atoms. The van der Waals surface area contributed by atoms with E-state index in [1.807, 2.05) is 0 Å². The lowest BCUT2D eigenvalue weighted by atomic mass is 9.90. The molecule has 0 amide bonds. The lowest BCUT2D eigenvalue weighted by Crippen LogP contribution is -2.47. The van der Waals surface area contributed by atoms with E-state index in [0.29, 0.717) is 0 Å². The molecular weight excluding hydrogens is 172 g/mol. The first-order valence-electron chi connectivity index (χ1n) is 3.95. The van der Waals surface area contributed by atoms with E-state index in [2.05, 4.69) is 11.5 Å². The van der Waals surface area contributed by atoms with Crippen LogP contribution in [0, 0.1) is 0 Å². The van der Waals surface area contributed by atoms with Crippen LogP contribution < -0.4 is 0 Å². The van der Waals surface area contributed by atoms with Gasteiger partial charge in [-0.05, 0) is 27.7 Å². The molecule has 4 heteroatoms. The van der Waals surface area contributed by atoms with Crippen molar-refractivity contribution in [1.29, 1.82) is 0 Å². The molecule has 0 bridgehead atoms. The fourth-order valence-electron chi connectivity index (χ4n) is 0.281. The lowest BCUT2D eigenvalue weighted by molar-refractivity contribution is -0.351. The highest BCUT2D eigenvalue weighted by Crippen LogP contribution is 2.25. The minimum absolute atomic E-state index is 0.683. The van der Waals surface area contributed by atoms with Crippen LogP contribution in [-0.4, -0.2) is 22.3 Å². The molecule has 0 unspecified atom stereocenters. The predicted octanol–water partition coefficient (Wildman–Crippen LogP) is 1.20. The van der Waals surface area contributed by atoms with Crippen LogP contribution >= 0.6 is 0 Å². The summed E-state index contributed by atoms with van der Waals surface area (Å²) in [6.45, 7) is 9.56. The van der Waals surface area contributed by atoms with Crippen molar-refractivity contribution in [2.45, 2.75) is 38.9 Å². The van der Waals surface area contributed by atoms with Gasteiger partial charge in [0, 0.05) is 6.08 Å². The molecule has 0 saturated heterocycles. The van der Waals surface area contributed by atoms with Gasteiger partial charge >= 0.3 is 5.97 Å². The van der Waals surface area contributed by atoms with Crippen LogP contribution in [0.15, 0.2) is 12.7 Å². The molecule has 0 fully saturated rings. The van der Waals surface area contributed by atoms with Crippen LogP contribution in [0.1, 0.15) is 27.7 Å². The normalized spacial score (nSPS) is 12.4. The monoisotopic (exact) mass is 188 g/mol. The Morgan fingerprint density at radius 1 is 1.38 bits per heavy atom. The van der Waals surface area contributed by atoms with Gasteiger partial charge in [-0.15, -0.1) is 0 Å². The zero-order chi connectivity index (χ0) is 10.7. The summed E-state index contributed by atoms with van der Waals surface area (Å²) in [6.07, 6.45) is 0.987. The Balaban J connectivity index is 4.19. The first kappa shape index (κ1) is 12.1. The van der Waals surface area contributed by atoms with E-state index in [1.165, 1.54) is 0 Å². The molecule has 0 aromatic carbocycles. The second kappa shape index (κ2) is 3.89. The van der Waals surface area contributed by atoms with Crippen LogP contribution in [0.5, 0.6) is 0 Å². The molecule has 0 rings (SSSR count). The second-order valence-corrected chi connectivity index (χ2v) is 3.76. The van der Waals surface area contributed by atoms with E-state index in [-0.39, 0.29) is 0 Å². The molecule has 0 aliphatic carbocycles. The van der Waals surface area contributed by atoms with Gasteiger partial charge in [-0.2, -0.15) is 4.89 Å². The van der Waals surface area contributed by atoms with Crippen molar-refractivity contribution in [2.24, 2.45) is 0 Å². The summed E-state index contributed by atoms with van der Waals surface area (Å²) in [5.41, 5.74) is -2.07. The largest absolute Gasteiger partial charge is 0.387 e. The number of aliphatic hydroxyl groups is 1. The van der Waals surface area contributed by atoms with E-state index in [1.54, 1.807) is 27.7 Å². The Bertz CT molecular complexity index is 200. The highest BCUT2D eigenvalue weighted by Gasteiger charge is 2.38. The molecule has 0 aliphatic heterocycles. The van der Waals surface area contributed by atoms with Crippen molar-refractivity contribution in [3.63, 3.8) is 0 Å². The number of hydrogen-bond acceptors (Lipinski definition) is 4. The molecule has 0 atom stereocenters. The molecule has 0 radical (unpaired) electrons. The first-order chi connectivity index (χ1) is 5.70. The van der Waals surface area contributed by atoms with Crippen molar-refractivity contribution in [3.05, 3.63) is 12.7 Å². The minimum Gasteiger partial charge on any atom is -0.387 e. The second-order valence-electron chi connectivity index (χ2n) is 3.76. The van der Waals surface area contributed by atoms with Crippen LogP contribution in [-0.2, 0) is 14.6 Å². The Morgan fingerprint density at radius 2 is 1.85 bits per heavy atom. The smallest absolute Gasteiger partial charge is 0.365 e. The molecule has 76 valence electrons. The van der Waals surface area contributed by atoms with Crippen molar-refractivity contribution in [1.82, 2.24) is 0 Å². The Hall–Kier alpha value is -0.870. The average Bonchev–Trinajstić information content (AvgIpc) is 1.98. The maximum Gasteiger partial charge on any atom is 0.365 e. The van der Waals surface area contributed by atoms with Crippen LogP contribution in [0.4, 0.5) is 0 Å². The first-order valence-corrected chi connectivity index (χ1v) is 3.95. The molecule has 0 aromatic heterocycles. The van der Waals surface area contributed by atoms with Gasteiger partial charge in [0.1, 0.15) is 5.60 Å². The van der Waals surface area contributed by atoms with Gasteiger partial charge in [0.2, 0.25) is 0 Å². The highest BCUT2D eigenvalue weighted by atomic mass is 17.2. The van der Waals surface area contributed by atoms with E-state index < -0.39 is 17.2 Å². The zero-order valence-electron chi connectivity index (χ0n) is 8.46. The fourth-order valence-corrected chi connectivity index (χ4v) is 0.281. The molecule has 4 nitrogen and oxygen atoms in total. The van der Waals surface area contributed by atoms with E-state index in [0.717, 1.165) is 6.08 Å². The van der Waals surface area contributed by atoms with Gasteiger partial charge in [0.15, 0.2) is 0 Å². The third kappa shape index (κ3) is 3.57. The number of carbonyl (C=O) groups is 1. The topological polar surface area (TPSA) is 55.8 Å².